The number of nitrogens with one attached hydrogen (secondary N) is 2. The fraction of sp³-hybridized carbons (Fsp3) is 0.250. The lowest BCUT2D eigenvalue weighted by atomic mass is 10.0. The SMILES string of the molecule is O=C(CNC(=O)c1ccccc1)N[C@@H]1C(=O)N2C(C(=O)O)=C(C=C3CCN(Cc4cccc(O)c4)C3=O)CS[C@H]12. The molecule has 4 amide bonds. The van der Waals surface area contributed by atoms with E-state index in [2.05, 4.69) is 10.6 Å². The topological polar surface area (TPSA) is 156 Å². The molecule has 0 aromatic heterocycles. The predicted octanol–water partition coefficient (Wildman–Crippen LogP) is 1.22. The van der Waals surface area contributed by atoms with Crippen molar-refractivity contribution >= 4 is 41.4 Å². The summed E-state index contributed by atoms with van der Waals surface area (Å²) in [6, 6.07) is 14.1. The number of aliphatic carboxylic acids is 1. The number of hydrogen-bond donors (Lipinski definition) is 4. The second kappa shape index (κ2) is 11.3. The minimum Gasteiger partial charge on any atom is -0.508 e. The maximum atomic E-state index is 13.0. The Kier molecular flexibility index (Phi) is 7.60. The summed E-state index contributed by atoms with van der Waals surface area (Å²) >= 11 is 1.29. The first kappa shape index (κ1) is 27.0. The van der Waals surface area contributed by atoms with Crippen LogP contribution in [0, 0.1) is 0 Å². The molecule has 0 radical (unpaired) electrons. The molecule has 2 aromatic rings. The van der Waals surface area contributed by atoms with Gasteiger partial charge in [0.1, 0.15) is 22.9 Å². The van der Waals surface area contributed by atoms with E-state index in [0.29, 0.717) is 36.2 Å². The number of phenolic OH excluding ortho intramolecular Hbond substituents is 1. The Morgan fingerprint density at radius 3 is 2.58 bits per heavy atom. The van der Waals surface area contributed by atoms with Crippen LogP contribution in [0.5, 0.6) is 5.75 Å². The number of carboxylic acids is 1. The lowest BCUT2D eigenvalue weighted by Gasteiger charge is -2.49. The molecular weight excluding hydrogens is 536 g/mol. The van der Waals surface area contributed by atoms with Crippen LogP contribution in [0.2, 0.25) is 0 Å². The quantitative estimate of drug-likeness (QED) is 0.276. The number of β-lactam (4-membered cyclic amide) rings is 1. The van der Waals surface area contributed by atoms with Crippen LogP contribution in [-0.4, -0.2) is 79.9 Å². The average molecular weight is 563 g/mol. The van der Waals surface area contributed by atoms with Gasteiger partial charge in [0.05, 0.1) is 6.54 Å². The third-order valence-electron chi connectivity index (χ3n) is 6.81. The normalized spacial score (nSPS) is 21.2. The Hall–Kier alpha value is -4.58. The molecule has 2 atom stereocenters. The van der Waals surface area contributed by atoms with Crippen molar-refractivity contribution < 1.29 is 34.2 Å². The van der Waals surface area contributed by atoms with Crippen molar-refractivity contribution in [3.05, 3.63) is 88.6 Å². The Morgan fingerprint density at radius 1 is 1.07 bits per heavy atom. The van der Waals surface area contributed by atoms with Crippen molar-refractivity contribution in [2.45, 2.75) is 24.4 Å². The lowest BCUT2D eigenvalue weighted by molar-refractivity contribution is -0.150. The van der Waals surface area contributed by atoms with Gasteiger partial charge in [-0.05, 0) is 47.9 Å². The van der Waals surface area contributed by atoms with Crippen molar-refractivity contribution in [2.24, 2.45) is 0 Å². The summed E-state index contributed by atoms with van der Waals surface area (Å²) in [7, 11) is 0. The molecule has 2 fully saturated rings. The molecule has 206 valence electrons. The summed E-state index contributed by atoms with van der Waals surface area (Å²) < 4.78 is 0. The van der Waals surface area contributed by atoms with Crippen LogP contribution in [0.15, 0.2) is 77.5 Å². The lowest BCUT2D eigenvalue weighted by Crippen LogP contribution is -2.71. The third-order valence-corrected chi connectivity index (χ3v) is 8.11. The number of thioether (sulfide) groups is 1. The van der Waals surface area contributed by atoms with Gasteiger partial charge in [-0.2, -0.15) is 0 Å². The molecule has 0 spiro atoms. The van der Waals surface area contributed by atoms with Gasteiger partial charge >= 0.3 is 5.97 Å². The molecule has 3 heterocycles. The number of fused-ring (bicyclic) bond motifs is 1. The van der Waals surface area contributed by atoms with Gasteiger partial charge in [-0.15, -0.1) is 11.8 Å². The maximum Gasteiger partial charge on any atom is 0.352 e. The number of carbonyl (C=O) groups is 5. The molecule has 11 nitrogen and oxygen atoms in total. The van der Waals surface area contributed by atoms with E-state index in [1.54, 1.807) is 65.6 Å². The fourth-order valence-corrected chi connectivity index (χ4v) is 6.17. The van der Waals surface area contributed by atoms with E-state index in [9.17, 15) is 34.2 Å². The Morgan fingerprint density at radius 2 is 1.85 bits per heavy atom. The van der Waals surface area contributed by atoms with Crippen molar-refractivity contribution in [2.75, 3.05) is 18.8 Å². The van der Waals surface area contributed by atoms with Gasteiger partial charge in [-0.25, -0.2) is 4.79 Å². The molecule has 5 rings (SSSR count). The number of benzene rings is 2. The molecule has 0 unspecified atom stereocenters. The molecule has 3 aliphatic heterocycles. The van der Waals surface area contributed by atoms with E-state index in [1.165, 1.54) is 11.8 Å². The number of carboxylic acid groups (broad SMARTS) is 1. The van der Waals surface area contributed by atoms with Crippen LogP contribution in [0.1, 0.15) is 22.3 Å². The molecule has 2 aromatic carbocycles. The van der Waals surface area contributed by atoms with Crippen LogP contribution in [0.4, 0.5) is 0 Å². The van der Waals surface area contributed by atoms with E-state index < -0.39 is 35.1 Å². The summed E-state index contributed by atoms with van der Waals surface area (Å²) in [6.45, 7) is 0.419. The summed E-state index contributed by atoms with van der Waals surface area (Å²) in [6.07, 6.45) is 1.97. The number of phenols is 1. The molecule has 0 saturated carbocycles. The highest BCUT2D eigenvalue weighted by molar-refractivity contribution is 8.00. The summed E-state index contributed by atoms with van der Waals surface area (Å²) in [4.78, 5) is 65.5. The number of amides is 4. The first-order valence-electron chi connectivity index (χ1n) is 12.5. The average Bonchev–Trinajstić information content (AvgIpc) is 3.28. The second-order valence-electron chi connectivity index (χ2n) is 9.50. The molecule has 12 heteroatoms. The number of aromatic hydroxyl groups is 1. The van der Waals surface area contributed by atoms with Crippen LogP contribution >= 0.6 is 11.8 Å². The number of hydrogen-bond acceptors (Lipinski definition) is 7. The smallest absolute Gasteiger partial charge is 0.352 e. The van der Waals surface area contributed by atoms with Crippen LogP contribution < -0.4 is 10.6 Å². The van der Waals surface area contributed by atoms with Crippen molar-refractivity contribution in [1.82, 2.24) is 20.4 Å². The van der Waals surface area contributed by atoms with Crippen molar-refractivity contribution in [1.29, 1.82) is 0 Å². The molecule has 40 heavy (non-hydrogen) atoms. The zero-order chi connectivity index (χ0) is 28.4. The minimum absolute atomic E-state index is 0.107. The van der Waals surface area contributed by atoms with Gasteiger partial charge in [0.25, 0.3) is 11.8 Å². The summed E-state index contributed by atoms with van der Waals surface area (Å²) in [5.74, 6) is -2.76. The van der Waals surface area contributed by atoms with E-state index in [1.807, 2.05) is 0 Å². The highest BCUT2D eigenvalue weighted by Crippen LogP contribution is 2.41. The van der Waals surface area contributed by atoms with Gasteiger partial charge in [0.15, 0.2) is 0 Å². The number of rotatable bonds is 8. The van der Waals surface area contributed by atoms with E-state index in [4.69, 9.17) is 0 Å². The molecule has 3 aliphatic rings. The number of allylic oxidation sites excluding steroid dienone is 1. The minimum atomic E-state index is -1.30. The first-order chi connectivity index (χ1) is 19.2. The molecule has 4 N–H and O–H groups in total. The number of carbonyl (C=O) groups excluding carboxylic acids is 4. The largest absolute Gasteiger partial charge is 0.508 e. The van der Waals surface area contributed by atoms with Crippen LogP contribution in [-0.2, 0) is 25.7 Å². The third kappa shape index (κ3) is 5.43. The Balaban J connectivity index is 1.23. The summed E-state index contributed by atoms with van der Waals surface area (Å²) in [5, 5.41) is 24.1. The Labute approximate surface area is 233 Å². The fourth-order valence-electron chi connectivity index (χ4n) is 4.87. The molecule has 2 saturated heterocycles. The highest BCUT2D eigenvalue weighted by Gasteiger charge is 2.54. The van der Waals surface area contributed by atoms with Crippen LogP contribution in [0.3, 0.4) is 0 Å². The standard InChI is InChI=1S/C28H26N4O7S/c33-20-8-4-5-16(11-20)14-31-10-9-18(25(31)36)12-19-15-40-27-22(26(37)32(27)23(19)28(38)39)30-21(34)13-29-24(35)17-6-2-1-3-7-17/h1-8,11-12,22,27,33H,9-10,13-15H2,(H,29,35)(H,30,34)(H,38,39)/t22-,27-/m1/s1. The summed E-state index contributed by atoms with van der Waals surface area (Å²) in [5.41, 5.74) is 1.76. The maximum absolute atomic E-state index is 13.0. The van der Waals surface area contributed by atoms with Gasteiger partial charge in [0, 0.05) is 30.0 Å². The number of nitrogens with zero attached hydrogens (tertiary/aromatic N) is 2. The van der Waals surface area contributed by atoms with Gasteiger partial charge in [-0.3, -0.25) is 24.1 Å². The van der Waals surface area contributed by atoms with Crippen molar-refractivity contribution in [3.63, 3.8) is 0 Å². The predicted molar refractivity (Wildman–Crippen MR) is 145 cm³/mol. The molecular formula is C28H26N4O7S. The molecule has 0 aliphatic carbocycles. The second-order valence-corrected chi connectivity index (χ2v) is 10.6. The zero-order valence-corrected chi connectivity index (χ0v) is 22.0. The van der Waals surface area contributed by atoms with Gasteiger partial charge in [-0.1, -0.05) is 30.3 Å². The first-order valence-corrected chi connectivity index (χ1v) is 13.6. The van der Waals surface area contributed by atoms with E-state index in [-0.39, 0.29) is 29.7 Å². The van der Waals surface area contributed by atoms with Gasteiger partial charge < -0.3 is 25.7 Å². The van der Waals surface area contributed by atoms with Gasteiger partial charge in [0.2, 0.25) is 11.8 Å². The Bertz CT molecular complexity index is 1460. The van der Waals surface area contributed by atoms with Crippen LogP contribution in [0.25, 0.3) is 0 Å². The zero-order valence-electron chi connectivity index (χ0n) is 21.2. The van der Waals surface area contributed by atoms with E-state index in [0.717, 1.165) is 10.5 Å². The van der Waals surface area contributed by atoms with Crippen molar-refractivity contribution in [3.8, 4) is 5.75 Å². The number of likely N-dealkylation sites (tertiary alicyclic amines) is 1. The monoisotopic (exact) mass is 562 g/mol. The molecule has 0 bridgehead atoms. The van der Waals surface area contributed by atoms with E-state index >= 15 is 0 Å². The highest BCUT2D eigenvalue weighted by atomic mass is 32.2.